The van der Waals surface area contributed by atoms with Crippen LogP contribution in [0.4, 0.5) is 11.4 Å². The molecule has 6 nitrogen and oxygen atoms in total. The van der Waals surface area contributed by atoms with Crippen LogP contribution in [-0.4, -0.2) is 26.0 Å². The molecule has 1 aliphatic rings. The number of nitrogens with zero attached hydrogens (tertiary/aromatic N) is 1. The zero-order valence-electron chi connectivity index (χ0n) is 15.1. The Balaban J connectivity index is 1.96. The SMILES string of the molecule is Cc1cc(C)cc(NC(=O)c2ccc(Cl)c(N3C(=O)C(C)CS3(=O)=O)c2)c1. The quantitative estimate of drug-likeness (QED) is 0.845. The van der Waals surface area contributed by atoms with Gasteiger partial charge in [-0.25, -0.2) is 12.7 Å². The number of anilines is 2. The average molecular weight is 407 g/mol. The number of halogens is 1. The van der Waals surface area contributed by atoms with Gasteiger partial charge in [-0.1, -0.05) is 24.6 Å². The summed E-state index contributed by atoms with van der Waals surface area (Å²) in [4.78, 5) is 24.9. The third-order valence-electron chi connectivity index (χ3n) is 4.27. The average Bonchev–Trinajstić information content (AvgIpc) is 2.74. The summed E-state index contributed by atoms with van der Waals surface area (Å²) in [7, 11) is -3.81. The van der Waals surface area contributed by atoms with E-state index in [2.05, 4.69) is 5.32 Å². The van der Waals surface area contributed by atoms with Crippen molar-refractivity contribution in [1.82, 2.24) is 0 Å². The molecule has 0 spiro atoms. The smallest absolute Gasteiger partial charge is 0.255 e. The summed E-state index contributed by atoms with van der Waals surface area (Å²) >= 11 is 6.13. The number of rotatable bonds is 3. The summed E-state index contributed by atoms with van der Waals surface area (Å²) in [6, 6.07) is 9.88. The molecule has 0 aromatic heterocycles. The number of hydrogen-bond acceptors (Lipinski definition) is 4. The van der Waals surface area contributed by atoms with Crippen LogP contribution in [0.5, 0.6) is 0 Å². The molecule has 1 atom stereocenters. The van der Waals surface area contributed by atoms with E-state index in [9.17, 15) is 18.0 Å². The molecule has 3 rings (SSSR count). The molecular weight excluding hydrogens is 388 g/mol. The first-order chi connectivity index (χ1) is 12.6. The minimum atomic E-state index is -3.81. The zero-order valence-corrected chi connectivity index (χ0v) is 16.7. The van der Waals surface area contributed by atoms with Crippen LogP contribution in [0.3, 0.4) is 0 Å². The lowest BCUT2D eigenvalue weighted by atomic mass is 10.1. The van der Waals surface area contributed by atoms with Gasteiger partial charge in [0.1, 0.15) is 0 Å². The molecular formula is C19H19ClN2O4S. The molecule has 2 aromatic carbocycles. The summed E-state index contributed by atoms with van der Waals surface area (Å²) in [5, 5.41) is 2.87. The molecule has 142 valence electrons. The minimum Gasteiger partial charge on any atom is -0.322 e. The van der Waals surface area contributed by atoms with E-state index in [4.69, 9.17) is 11.6 Å². The van der Waals surface area contributed by atoms with E-state index in [0.717, 1.165) is 11.1 Å². The highest BCUT2D eigenvalue weighted by Crippen LogP contribution is 2.34. The molecule has 1 unspecified atom stereocenters. The Kier molecular flexibility index (Phi) is 5.01. The highest BCUT2D eigenvalue weighted by Gasteiger charge is 2.43. The lowest BCUT2D eigenvalue weighted by Gasteiger charge is -2.18. The van der Waals surface area contributed by atoms with Crippen LogP contribution < -0.4 is 9.62 Å². The van der Waals surface area contributed by atoms with E-state index in [-0.39, 0.29) is 22.0 Å². The number of amides is 2. The molecule has 0 radical (unpaired) electrons. The Hall–Kier alpha value is -2.38. The Labute approximate surface area is 163 Å². The van der Waals surface area contributed by atoms with Gasteiger partial charge in [0.15, 0.2) is 0 Å². The van der Waals surface area contributed by atoms with Gasteiger partial charge < -0.3 is 5.32 Å². The molecule has 27 heavy (non-hydrogen) atoms. The highest BCUT2D eigenvalue weighted by atomic mass is 35.5. The molecule has 1 saturated heterocycles. The third kappa shape index (κ3) is 3.84. The van der Waals surface area contributed by atoms with Crippen molar-refractivity contribution in [1.29, 1.82) is 0 Å². The Morgan fingerprint density at radius 1 is 1.15 bits per heavy atom. The lowest BCUT2D eigenvalue weighted by Crippen LogP contribution is -2.30. The highest BCUT2D eigenvalue weighted by molar-refractivity contribution is 7.94. The number of benzene rings is 2. The molecule has 0 aliphatic carbocycles. The maximum atomic E-state index is 12.6. The van der Waals surface area contributed by atoms with Crippen LogP contribution in [0.2, 0.25) is 5.02 Å². The Morgan fingerprint density at radius 2 is 1.78 bits per heavy atom. The van der Waals surface area contributed by atoms with Gasteiger partial charge in [-0.3, -0.25) is 9.59 Å². The van der Waals surface area contributed by atoms with Crippen LogP contribution >= 0.6 is 11.6 Å². The fourth-order valence-corrected chi connectivity index (χ4v) is 5.21. The van der Waals surface area contributed by atoms with Crippen molar-refractivity contribution in [2.24, 2.45) is 5.92 Å². The Morgan fingerprint density at radius 3 is 2.33 bits per heavy atom. The number of aryl methyl sites for hydroxylation is 2. The van der Waals surface area contributed by atoms with Crippen molar-refractivity contribution >= 4 is 44.8 Å². The van der Waals surface area contributed by atoms with E-state index in [0.29, 0.717) is 9.99 Å². The first kappa shape index (κ1) is 19.4. The summed E-state index contributed by atoms with van der Waals surface area (Å²) in [5.74, 6) is -1.90. The normalized spacial score (nSPS) is 18.6. The fraction of sp³-hybridized carbons (Fsp3) is 0.263. The van der Waals surface area contributed by atoms with Gasteiger partial charge in [0.05, 0.1) is 22.4 Å². The molecule has 2 aromatic rings. The molecule has 1 heterocycles. The van der Waals surface area contributed by atoms with Gasteiger partial charge >= 0.3 is 0 Å². The number of carbonyl (C=O) groups is 2. The summed E-state index contributed by atoms with van der Waals surface area (Å²) < 4.78 is 25.4. The second-order valence-electron chi connectivity index (χ2n) is 6.78. The van der Waals surface area contributed by atoms with Crippen molar-refractivity contribution in [3.63, 3.8) is 0 Å². The van der Waals surface area contributed by atoms with Gasteiger partial charge in [0.25, 0.3) is 5.91 Å². The van der Waals surface area contributed by atoms with Gasteiger partial charge in [-0.2, -0.15) is 0 Å². The first-order valence-electron chi connectivity index (χ1n) is 8.34. The summed E-state index contributed by atoms with van der Waals surface area (Å²) in [6.45, 7) is 5.40. The molecule has 2 amide bonds. The number of carbonyl (C=O) groups excluding carboxylic acids is 2. The lowest BCUT2D eigenvalue weighted by molar-refractivity contribution is -0.119. The zero-order chi connectivity index (χ0) is 19.9. The summed E-state index contributed by atoms with van der Waals surface area (Å²) in [5.41, 5.74) is 2.84. The predicted molar refractivity (Wildman–Crippen MR) is 106 cm³/mol. The fourth-order valence-electron chi connectivity index (χ4n) is 3.13. The number of hydrogen-bond donors (Lipinski definition) is 1. The van der Waals surface area contributed by atoms with E-state index in [1.54, 1.807) is 6.92 Å². The molecule has 0 bridgehead atoms. The first-order valence-corrected chi connectivity index (χ1v) is 10.3. The minimum absolute atomic E-state index is 0.000843. The van der Waals surface area contributed by atoms with E-state index in [1.165, 1.54) is 18.2 Å². The van der Waals surface area contributed by atoms with Crippen LogP contribution in [0, 0.1) is 19.8 Å². The van der Waals surface area contributed by atoms with Crippen molar-refractivity contribution in [3.8, 4) is 0 Å². The maximum absolute atomic E-state index is 12.6. The monoisotopic (exact) mass is 406 g/mol. The van der Waals surface area contributed by atoms with Crippen LogP contribution in [-0.2, 0) is 14.8 Å². The third-order valence-corrected chi connectivity index (χ3v) is 6.44. The van der Waals surface area contributed by atoms with Crippen molar-refractivity contribution in [3.05, 3.63) is 58.1 Å². The molecule has 8 heteroatoms. The second-order valence-corrected chi connectivity index (χ2v) is 9.05. The van der Waals surface area contributed by atoms with Crippen LogP contribution in [0.25, 0.3) is 0 Å². The predicted octanol–water partition coefficient (Wildman–Crippen LogP) is 3.52. The number of nitrogens with one attached hydrogen (secondary N) is 1. The largest absolute Gasteiger partial charge is 0.322 e. The van der Waals surface area contributed by atoms with E-state index in [1.807, 2.05) is 32.0 Å². The number of sulfonamides is 1. The topological polar surface area (TPSA) is 83.6 Å². The summed E-state index contributed by atoms with van der Waals surface area (Å²) in [6.07, 6.45) is 0. The van der Waals surface area contributed by atoms with Crippen molar-refractivity contribution in [2.75, 3.05) is 15.4 Å². The van der Waals surface area contributed by atoms with E-state index >= 15 is 0 Å². The van der Waals surface area contributed by atoms with Gasteiger partial charge in [0.2, 0.25) is 15.9 Å². The van der Waals surface area contributed by atoms with Crippen LogP contribution in [0.15, 0.2) is 36.4 Å². The van der Waals surface area contributed by atoms with Gasteiger partial charge in [-0.15, -0.1) is 0 Å². The van der Waals surface area contributed by atoms with Gasteiger partial charge in [0, 0.05) is 11.3 Å². The molecule has 0 saturated carbocycles. The maximum Gasteiger partial charge on any atom is 0.255 e. The van der Waals surface area contributed by atoms with Crippen molar-refractivity contribution < 1.29 is 18.0 Å². The molecule has 1 aliphatic heterocycles. The van der Waals surface area contributed by atoms with E-state index < -0.39 is 27.8 Å². The Bertz CT molecular complexity index is 1030. The van der Waals surface area contributed by atoms with Crippen molar-refractivity contribution in [2.45, 2.75) is 20.8 Å². The molecule has 1 N–H and O–H groups in total. The van der Waals surface area contributed by atoms with Crippen LogP contribution in [0.1, 0.15) is 28.4 Å². The standard InChI is InChI=1S/C19H19ClN2O4S/c1-11-6-12(2)8-15(7-11)21-18(23)14-4-5-16(20)17(9-14)22-19(24)13(3)10-27(22,25)26/h4-9,13H,10H2,1-3H3,(H,21,23). The second kappa shape index (κ2) is 6.98. The van der Waals surface area contributed by atoms with Gasteiger partial charge in [-0.05, 0) is 55.3 Å². The molecule has 1 fully saturated rings.